The van der Waals surface area contributed by atoms with Crippen LogP contribution >= 0.6 is 0 Å². The summed E-state index contributed by atoms with van der Waals surface area (Å²) in [5.41, 5.74) is 0. The van der Waals surface area contributed by atoms with Gasteiger partial charge < -0.3 is 20.3 Å². The molecule has 0 aromatic heterocycles. The molecule has 1 amide bonds. The topological polar surface area (TPSA) is 95.9 Å². The maximum absolute atomic E-state index is 13.2. The number of rotatable bonds is 45. The van der Waals surface area contributed by atoms with Crippen LogP contribution in [0, 0.1) is 0 Å². The van der Waals surface area contributed by atoms with Crippen LogP contribution in [0.2, 0.25) is 0 Å². The molecule has 0 bridgehead atoms. The molecule has 0 spiro atoms. The number of hydrogen-bond donors (Lipinski definition) is 3. The summed E-state index contributed by atoms with van der Waals surface area (Å²) in [5, 5.41) is 23.7. The Kier molecular flexibility index (Phi) is 45.7. The number of esters is 1. The van der Waals surface area contributed by atoms with Crippen molar-refractivity contribution < 1.29 is 24.5 Å². The lowest BCUT2D eigenvalue weighted by atomic mass is 10.0. The molecule has 0 aliphatic carbocycles. The second-order valence-corrected chi connectivity index (χ2v) is 17.2. The fourth-order valence-electron chi connectivity index (χ4n) is 7.52. The lowest BCUT2D eigenvalue weighted by Crippen LogP contribution is -2.46. The maximum atomic E-state index is 13.2. The van der Waals surface area contributed by atoms with Crippen LogP contribution in [-0.2, 0) is 14.3 Å². The van der Waals surface area contributed by atoms with Gasteiger partial charge >= 0.3 is 5.97 Å². The monoisotopic (exact) mass is 840 g/mol. The predicted octanol–water partition coefficient (Wildman–Crippen LogP) is 15.2. The summed E-state index contributed by atoms with van der Waals surface area (Å²) in [6.07, 6.45) is 58.5. The number of carbonyl (C=O) groups excluding carboxylic acids is 2. The molecule has 0 saturated heterocycles. The molecule has 0 fully saturated rings. The van der Waals surface area contributed by atoms with E-state index < -0.39 is 18.2 Å². The third-order valence-electron chi connectivity index (χ3n) is 11.4. The second-order valence-electron chi connectivity index (χ2n) is 17.2. The minimum atomic E-state index is -0.796. The Labute approximate surface area is 371 Å². The fraction of sp³-hybridized carbons (Fsp3) is 0.778. The molecule has 348 valence electrons. The van der Waals surface area contributed by atoms with Crippen LogP contribution in [0.4, 0.5) is 0 Å². The van der Waals surface area contributed by atoms with E-state index in [1.165, 1.54) is 116 Å². The molecule has 3 atom stereocenters. The number of hydrogen-bond acceptors (Lipinski definition) is 5. The van der Waals surface area contributed by atoms with Crippen molar-refractivity contribution in [2.45, 2.75) is 264 Å². The summed E-state index contributed by atoms with van der Waals surface area (Å²) in [6, 6.07) is -0.711. The van der Waals surface area contributed by atoms with Crippen molar-refractivity contribution in [3.63, 3.8) is 0 Å². The average Bonchev–Trinajstić information content (AvgIpc) is 3.24. The summed E-state index contributed by atoms with van der Waals surface area (Å²) in [6.45, 7) is 6.35. The summed E-state index contributed by atoms with van der Waals surface area (Å²) in [4.78, 5) is 26.1. The number of amides is 1. The number of carbonyl (C=O) groups is 2. The minimum Gasteiger partial charge on any atom is -0.462 e. The van der Waals surface area contributed by atoms with Crippen molar-refractivity contribution >= 4 is 11.9 Å². The maximum Gasteiger partial charge on any atom is 0.306 e. The van der Waals surface area contributed by atoms with E-state index in [1.807, 2.05) is 0 Å². The van der Waals surface area contributed by atoms with Crippen LogP contribution in [0.25, 0.3) is 0 Å². The van der Waals surface area contributed by atoms with E-state index in [0.717, 1.165) is 77.0 Å². The van der Waals surface area contributed by atoms with Crippen molar-refractivity contribution in [3.05, 3.63) is 60.8 Å². The third kappa shape index (κ3) is 42.3. The second kappa shape index (κ2) is 47.6. The highest BCUT2D eigenvalue weighted by atomic mass is 16.5. The van der Waals surface area contributed by atoms with Gasteiger partial charge in [0.25, 0.3) is 0 Å². The molecule has 0 rings (SSSR count). The van der Waals surface area contributed by atoms with E-state index in [-0.39, 0.29) is 24.9 Å². The quantitative estimate of drug-likeness (QED) is 0.0322. The third-order valence-corrected chi connectivity index (χ3v) is 11.4. The predicted molar refractivity (Wildman–Crippen MR) is 259 cm³/mol. The first kappa shape index (κ1) is 57.6. The molecular weight excluding hydrogens is 743 g/mol. The van der Waals surface area contributed by atoms with E-state index in [4.69, 9.17) is 4.74 Å². The standard InChI is InChI=1S/C54H97NO5/c1-4-7-10-13-16-19-22-24-25-26-27-29-32-35-38-41-44-47-54(59)60-50(45-42-39-36-33-30-21-18-15-12-9-6-3)48-53(58)55-51(49-56)52(57)46-43-40-37-34-31-28-23-20-17-14-11-8-5-2/h7,10,16,19,24-25,27,29,35,38,50-52,56-57H,4-6,8-9,11-15,17-18,20-23,26,28,30-34,36-37,39-49H2,1-3H3,(H,55,58)/b10-7-,19-16-,25-24-,29-27-,38-35-. The van der Waals surface area contributed by atoms with Gasteiger partial charge in [-0.25, -0.2) is 0 Å². The Morgan fingerprint density at radius 2 is 0.883 bits per heavy atom. The molecule has 0 aromatic carbocycles. The Balaban J connectivity index is 4.62. The SMILES string of the molecule is CC/C=C\C/C=C\C/C=C\C/C=C\C/C=C\CCCC(=O)OC(CCCCCCCCCCCCC)CC(=O)NC(CO)C(O)CCCCCCCCCCCCCCC. The van der Waals surface area contributed by atoms with Gasteiger partial charge in [-0.05, 0) is 64.2 Å². The van der Waals surface area contributed by atoms with Crippen molar-refractivity contribution in [3.8, 4) is 0 Å². The highest BCUT2D eigenvalue weighted by molar-refractivity contribution is 5.77. The van der Waals surface area contributed by atoms with Crippen LogP contribution in [0.1, 0.15) is 245 Å². The van der Waals surface area contributed by atoms with Crippen molar-refractivity contribution in [1.29, 1.82) is 0 Å². The zero-order valence-corrected chi connectivity index (χ0v) is 39.6. The normalized spacial score (nSPS) is 13.8. The van der Waals surface area contributed by atoms with E-state index in [1.54, 1.807) is 0 Å². The van der Waals surface area contributed by atoms with Gasteiger partial charge in [0.2, 0.25) is 5.91 Å². The lowest BCUT2D eigenvalue weighted by Gasteiger charge is -2.24. The first-order valence-electron chi connectivity index (χ1n) is 25.5. The van der Waals surface area contributed by atoms with E-state index >= 15 is 0 Å². The molecule has 60 heavy (non-hydrogen) atoms. The highest BCUT2D eigenvalue weighted by Gasteiger charge is 2.24. The van der Waals surface area contributed by atoms with Gasteiger partial charge in [-0.15, -0.1) is 0 Å². The smallest absolute Gasteiger partial charge is 0.306 e. The number of ether oxygens (including phenoxy) is 1. The van der Waals surface area contributed by atoms with E-state index in [2.05, 4.69) is 86.8 Å². The zero-order valence-electron chi connectivity index (χ0n) is 39.6. The molecule has 6 heteroatoms. The molecule has 3 unspecified atom stereocenters. The Morgan fingerprint density at radius 1 is 0.500 bits per heavy atom. The molecule has 0 heterocycles. The molecule has 0 saturated carbocycles. The van der Waals surface area contributed by atoms with Crippen molar-refractivity contribution in [2.24, 2.45) is 0 Å². The van der Waals surface area contributed by atoms with Crippen LogP contribution in [-0.4, -0.2) is 46.9 Å². The molecule has 0 aromatic rings. The van der Waals surface area contributed by atoms with Crippen molar-refractivity contribution in [2.75, 3.05) is 6.61 Å². The zero-order chi connectivity index (χ0) is 43.8. The van der Waals surface area contributed by atoms with Gasteiger partial charge in [-0.1, -0.05) is 229 Å². The van der Waals surface area contributed by atoms with Crippen LogP contribution in [0.5, 0.6) is 0 Å². The Hall–Kier alpha value is -2.44. The first-order chi connectivity index (χ1) is 29.5. The Bertz CT molecular complexity index is 1080. The minimum absolute atomic E-state index is 0.0558. The van der Waals surface area contributed by atoms with Crippen LogP contribution in [0.15, 0.2) is 60.8 Å². The van der Waals surface area contributed by atoms with Gasteiger partial charge in [0, 0.05) is 6.42 Å². The van der Waals surface area contributed by atoms with E-state index in [9.17, 15) is 19.8 Å². The van der Waals surface area contributed by atoms with Gasteiger partial charge in [-0.2, -0.15) is 0 Å². The number of aliphatic hydroxyl groups excluding tert-OH is 2. The molecule has 6 nitrogen and oxygen atoms in total. The van der Waals surface area contributed by atoms with Gasteiger partial charge in [0.05, 0.1) is 25.2 Å². The average molecular weight is 840 g/mol. The number of allylic oxidation sites excluding steroid dienone is 10. The summed E-state index contributed by atoms with van der Waals surface area (Å²) in [7, 11) is 0. The Morgan fingerprint density at radius 3 is 1.30 bits per heavy atom. The highest BCUT2D eigenvalue weighted by Crippen LogP contribution is 2.18. The number of unbranched alkanes of at least 4 members (excludes halogenated alkanes) is 23. The summed E-state index contributed by atoms with van der Waals surface area (Å²) < 4.78 is 5.90. The van der Waals surface area contributed by atoms with Gasteiger partial charge in [-0.3, -0.25) is 9.59 Å². The molecule has 0 aliphatic rings. The molecule has 0 aliphatic heterocycles. The van der Waals surface area contributed by atoms with E-state index in [0.29, 0.717) is 25.7 Å². The summed E-state index contributed by atoms with van der Waals surface area (Å²) in [5.74, 6) is -0.539. The number of aliphatic hydroxyl groups is 2. The fourth-order valence-corrected chi connectivity index (χ4v) is 7.52. The van der Waals surface area contributed by atoms with Gasteiger partial charge in [0.15, 0.2) is 0 Å². The van der Waals surface area contributed by atoms with Crippen LogP contribution < -0.4 is 5.32 Å². The van der Waals surface area contributed by atoms with Gasteiger partial charge in [0.1, 0.15) is 6.10 Å². The molecular formula is C54H97NO5. The van der Waals surface area contributed by atoms with Crippen LogP contribution in [0.3, 0.4) is 0 Å². The van der Waals surface area contributed by atoms with Crippen molar-refractivity contribution in [1.82, 2.24) is 5.32 Å². The largest absolute Gasteiger partial charge is 0.462 e. The molecule has 0 radical (unpaired) electrons. The molecule has 3 N–H and O–H groups in total. The lowest BCUT2D eigenvalue weighted by molar-refractivity contribution is -0.151. The first-order valence-corrected chi connectivity index (χ1v) is 25.5. The summed E-state index contributed by atoms with van der Waals surface area (Å²) >= 11 is 0. The number of nitrogens with one attached hydrogen (secondary N) is 1.